The molecule has 2 aromatic rings. The summed E-state index contributed by atoms with van der Waals surface area (Å²) in [5.41, 5.74) is 2.75. The molecule has 0 unspecified atom stereocenters. The topological polar surface area (TPSA) is 48.0 Å². The zero-order valence-electron chi connectivity index (χ0n) is 17.9. The molecule has 0 saturated carbocycles. The van der Waals surface area contributed by atoms with Crippen LogP contribution in [-0.2, 0) is 16.6 Å². The second-order valence-corrected chi connectivity index (χ2v) is 8.88. The van der Waals surface area contributed by atoms with Gasteiger partial charge in [-0.3, -0.25) is 4.79 Å². The van der Waals surface area contributed by atoms with Crippen molar-refractivity contribution >= 4 is 5.91 Å². The Bertz CT molecular complexity index is 973. The van der Waals surface area contributed by atoms with E-state index in [2.05, 4.69) is 32.0 Å². The number of carbonyl (C=O) groups excluding carboxylic acids is 1. The standard InChI is InChI=1S/C25H29NO4/c1-4-28-18-10-9-17-13-20-16(2)25(3,19(17)14-18)11-12-26(20)24(27)23-15-29-21-7-5-6-8-22(21)30-23/h5-10,14,16,20,23H,4,11-13,15H2,1-3H3/t16-,20+,23+,25+/m0/s1. The van der Waals surface area contributed by atoms with Crippen LogP contribution in [0.5, 0.6) is 17.2 Å². The summed E-state index contributed by atoms with van der Waals surface area (Å²) in [4.78, 5) is 15.5. The van der Waals surface area contributed by atoms with Gasteiger partial charge in [0, 0.05) is 12.6 Å². The van der Waals surface area contributed by atoms with E-state index in [1.807, 2.05) is 36.1 Å². The maximum Gasteiger partial charge on any atom is 0.267 e. The average Bonchev–Trinajstić information content (AvgIpc) is 2.76. The molecule has 5 rings (SSSR count). The van der Waals surface area contributed by atoms with Crippen molar-refractivity contribution in [3.05, 3.63) is 53.6 Å². The summed E-state index contributed by atoms with van der Waals surface area (Å²) in [5, 5.41) is 0. The number of amides is 1. The number of nitrogens with zero attached hydrogens (tertiary/aromatic N) is 1. The number of rotatable bonds is 3. The van der Waals surface area contributed by atoms with Crippen molar-refractivity contribution in [1.82, 2.24) is 4.90 Å². The lowest BCUT2D eigenvalue weighted by Gasteiger charge is -2.55. The van der Waals surface area contributed by atoms with Gasteiger partial charge in [0.25, 0.3) is 5.91 Å². The van der Waals surface area contributed by atoms with E-state index in [0.29, 0.717) is 24.0 Å². The molecule has 0 aromatic heterocycles. The Labute approximate surface area is 177 Å². The number of hydrogen-bond acceptors (Lipinski definition) is 4. The molecule has 1 fully saturated rings. The molecule has 1 amide bonds. The number of para-hydroxylation sites is 2. The lowest BCUT2D eigenvalue weighted by molar-refractivity contribution is -0.148. The van der Waals surface area contributed by atoms with Crippen molar-refractivity contribution in [3.63, 3.8) is 0 Å². The number of ether oxygens (including phenoxy) is 3. The lowest BCUT2D eigenvalue weighted by atomic mass is 9.59. The maximum absolute atomic E-state index is 13.5. The third-order valence-corrected chi connectivity index (χ3v) is 7.36. The lowest BCUT2D eigenvalue weighted by Crippen LogP contribution is -2.62. The summed E-state index contributed by atoms with van der Waals surface area (Å²) >= 11 is 0. The van der Waals surface area contributed by atoms with Crippen molar-refractivity contribution in [3.8, 4) is 17.2 Å². The molecular weight excluding hydrogens is 378 g/mol. The third kappa shape index (κ3) is 2.94. The van der Waals surface area contributed by atoms with Crippen LogP contribution in [0.2, 0.25) is 0 Å². The molecular formula is C25H29NO4. The molecule has 1 aliphatic carbocycles. The molecule has 2 bridgehead atoms. The van der Waals surface area contributed by atoms with Crippen LogP contribution in [-0.4, -0.2) is 42.7 Å². The fraction of sp³-hybridized carbons (Fsp3) is 0.480. The quantitative estimate of drug-likeness (QED) is 0.772. The fourth-order valence-electron chi connectivity index (χ4n) is 5.45. The summed E-state index contributed by atoms with van der Waals surface area (Å²) in [7, 11) is 0. The van der Waals surface area contributed by atoms with E-state index < -0.39 is 6.10 Å². The zero-order valence-corrected chi connectivity index (χ0v) is 17.9. The molecule has 0 radical (unpaired) electrons. The highest BCUT2D eigenvalue weighted by Gasteiger charge is 2.51. The Morgan fingerprint density at radius 2 is 2.03 bits per heavy atom. The molecule has 1 saturated heterocycles. The molecule has 4 atom stereocenters. The summed E-state index contributed by atoms with van der Waals surface area (Å²) in [5.74, 6) is 2.69. The van der Waals surface area contributed by atoms with Crippen LogP contribution < -0.4 is 14.2 Å². The van der Waals surface area contributed by atoms with E-state index in [4.69, 9.17) is 14.2 Å². The highest BCUT2D eigenvalue weighted by atomic mass is 16.6. The SMILES string of the molecule is CCOc1ccc2c(c1)[C@]1(C)CCN(C(=O)[C@H]3COc4ccccc4O3)[C@H](C2)[C@@H]1C. The van der Waals surface area contributed by atoms with Gasteiger partial charge < -0.3 is 19.1 Å². The summed E-state index contributed by atoms with van der Waals surface area (Å²) in [6.45, 7) is 8.32. The molecule has 3 aliphatic rings. The molecule has 2 aromatic carbocycles. The van der Waals surface area contributed by atoms with E-state index in [0.717, 1.165) is 25.1 Å². The van der Waals surface area contributed by atoms with Crippen LogP contribution in [0.1, 0.15) is 38.3 Å². The van der Waals surface area contributed by atoms with Crippen LogP contribution in [0, 0.1) is 5.92 Å². The second-order valence-electron chi connectivity index (χ2n) is 8.88. The molecule has 0 N–H and O–H groups in total. The Hall–Kier alpha value is -2.69. The second kappa shape index (κ2) is 7.22. The maximum atomic E-state index is 13.5. The third-order valence-electron chi connectivity index (χ3n) is 7.36. The molecule has 2 aliphatic heterocycles. The largest absolute Gasteiger partial charge is 0.494 e. The summed E-state index contributed by atoms with van der Waals surface area (Å²) < 4.78 is 17.6. The summed E-state index contributed by atoms with van der Waals surface area (Å²) in [6, 6.07) is 14.2. The van der Waals surface area contributed by atoms with Crippen molar-refractivity contribution in [2.75, 3.05) is 19.8 Å². The van der Waals surface area contributed by atoms with Gasteiger partial charge in [0.15, 0.2) is 11.5 Å². The smallest absolute Gasteiger partial charge is 0.267 e. The number of carbonyl (C=O) groups is 1. The molecule has 30 heavy (non-hydrogen) atoms. The van der Waals surface area contributed by atoms with Gasteiger partial charge >= 0.3 is 0 Å². The first kappa shape index (κ1) is 19.3. The minimum atomic E-state index is -0.585. The van der Waals surface area contributed by atoms with E-state index >= 15 is 0 Å². The van der Waals surface area contributed by atoms with Crippen molar-refractivity contribution in [1.29, 1.82) is 0 Å². The highest BCUT2D eigenvalue weighted by Crippen LogP contribution is 2.49. The molecule has 0 spiro atoms. The zero-order chi connectivity index (χ0) is 20.9. The highest BCUT2D eigenvalue weighted by molar-refractivity contribution is 5.82. The first-order chi connectivity index (χ1) is 14.5. The number of likely N-dealkylation sites (tertiary alicyclic amines) is 1. The van der Waals surface area contributed by atoms with Crippen molar-refractivity contribution < 1.29 is 19.0 Å². The van der Waals surface area contributed by atoms with E-state index in [9.17, 15) is 4.79 Å². The van der Waals surface area contributed by atoms with Crippen LogP contribution in [0.25, 0.3) is 0 Å². The Morgan fingerprint density at radius 3 is 2.83 bits per heavy atom. The predicted molar refractivity (Wildman–Crippen MR) is 114 cm³/mol. The molecule has 2 heterocycles. The molecule has 5 nitrogen and oxygen atoms in total. The first-order valence-electron chi connectivity index (χ1n) is 11.0. The van der Waals surface area contributed by atoms with Crippen LogP contribution >= 0.6 is 0 Å². The van der Waals surface area contributed by atoms with Gasteiger partial charge in [0.05, 0.1) is 6.61 Å². The van der Waals surface area contributed by atoms with Crippen LogP contribution in [0.4, 0.5) is 0 Å². The Kier molecular flexibility index (Phi) is 4.64. The number of piperidine rings is 1. The van der Waals surface area contributed by atoms with Gasteiger partial charge in [-0.2, -0.15) is 0 Å². The monoisotopic (exact) mass is 407 g/mol. The van der Waals surface area contributed by atoms with E-state index in [1.165, 1.54) is 11.1 Å². The van der Waals surface area contributed by atoms with Gasteiger partial charge in [-0.25, -0.2) is 0 Å². The van der Waals surface area contributed by atoms with Gasteiger partial charge in [-0.05, 0) is 66.5 Å². The minimum absolute atomic E-state index is 0.0396. The Morgan fingerprint density at radius 1 is 1.23 bits per heavy atom. The molecule has 5 heteroatoms. The summed E-state index contributed by atoms with van der Waals surface area (Å²) in [6.07, 6.45) is 1.22. The predicted octanol–water partition coefficient (Wildman–Crippen LogP) is 3.98. The first-order valence-corrected chi connectivity index (χ1v) is 11.0. The van der Waals surface area contributed by atoms with Crippen molar-refractivity contribution in [2.45, 2.75) is 51.2 Å². The number of fused-ring (bicyclic) bond motifs is 5. The van der Waals surface area contributed by atoms with Crippen LogP contribution in [0.3, 0.4) is 0 Å². The van der Waals surface area contributed by atoms with E-state index in [1.54, 1.807) is 0 Å². The van der Waals surface area contributed by atoms with Crippen LogP contribution in [0.15, 0.2) is 42.5 Å². The van der Waals surface area contributed by atoms with E-state index in [-0.39, 0.29) is 24.0 Å². The molecule has 158 valence electrons. The average molecular weight is 408 g/mol. The van der Waals surface area contributed by atoms with Gasteiger partial charge in [0.2, 0.25) is 6.10 Å². The minimum Gasteiger partial charge on any atom is -0.494 e. The van der Waals surface area contributed by atoms with Gasteiger partial charge in [-0.15, -0.1) is 0 Å². The van der Waals surface area contributed by atoms with Crippen molar-refractivity contribution in [2.24, 2.45) is 5.92 Å². The number of hydrogen-bond donors (Lipinski definition) is 0. The van der Waals surface area contributed by atoms with Gasteiger partial charge in [-0.1, -0.05) is 32.0 Å². The Balaban J connectivity index is 1.41. The fourth-order valence-corrected chi connectivity index (χ4v) is 5.45. The van der Waals surface area contributed by atoms with Gasteiger partial charge in [0.1, 0.15) is 12.4 Å². The number of benzene rings is 2. The normalized spacial score (nSPS) is 29.2.